The quantitative estimate of drug-likeness (QED) is 0.471. The molecule has 3 aromatic carbocycles. The second-order valence-corrected chi connectivity index (χ2v) is 10.3. The average Bonchev–Trinajstić information content (AvgIpc) is 3.34. The van der Waals surface area contributed by atoms with Crippen LogP contribution < -0.4 is 20.3 Å². The van der Waals surface area contributed by atoms with E-state index in [2.05, 4.69) is 21.6 Å². The van der Waals surface area contributed by atoms with E-state index in [1.165, 1.54) is 0 Å². The Morgan fingerprint density at radius 2 is 1.50 bits per heavy atom. The van der Waals surface area contributed by atoms with Gasteiger partial charge in [-0.1, -0.05) is 6.07 Å². The third-order valence-corrected chi connectivity index (χ3v) is 7.62. The molecule has 2 saturated heterocycles. The zero-order valence-electron chi connectivity index (χ0n) is 23.6. The van der Waals surface area contributed by atoms with E-state index < -0.39 is 0 Å². The van der Waals surface area contributed by atoms with Crippen molar-refractivity contribution in [2.24, 2.45) is 0 Å². The molecule has 0 radical (unpaired) electrons. The van der Waals surface area contributed by atoms with Gasteiger partial charge in [-0.05, 0) is 73.6 Å². The summed E-state index contributed by atoms with van der Waals surface area (Å²) < 4.78 is 5.27. The molecule has 2 heterocycles. The number of nitrogens with one attached hydrogen (secondary N) is 2. The number of hydrogen-bond donors (Lipinski definition) is 2. The van der Waals surface area contributed by atoms with Crippen molar-refractivity contribution < 1.29 is 19.1 Å². The van der Waals surface area contributed by atoms with Crippen molar-refractivity contribution in [1.29, 1.82) is 5.26 Å². The van der Waals surface area contributed by atoms with Gasteiger partial charge in [0.05, 0.1) is 30.1 Å². The van der Waals surface area contributed by atoms with Crippen LogP contribution in [0.5, 0.6) is 5.75 Å². The summed E-state index contributed by atoms with van der Waals surface area (Å²) in [6.07, 6.45) is 0.880. The van der Waals surface area contributed by atoms with Gasteiger partial charge in [-0.25, -0.2) is 0 Å². The third-order valence-electron chi connectivity index (χ3n) is 7.62. The molecule has 0 saturated carbocycles. The maximum Gasteiger partial charge on any atom is 0.255 e. The molecule has 0 atom stereocenters. The average molecular weight is 567 g/mol. The van der Waals surface area contributed by atoms with Crippen molar-refractivity contribution in [2.45, 2.75) is 6.42 Å². The summed E-state index contributed by atoms with van der Waals surface area (Å²) in [4.78, 5) is 45.6. The van der Waals surface area contributed by atoms with E-state index in [1.807, 2.05) is 15.9 Å². The van der Waals surface area contributed by atoms with Crippen LogP contribution in [0.4, 0.5) is 11.4 Å². The summed E-state index contributed by atoms with van der Waals surface area (Å²) in [6.45, 7) is 5.02. The number of methoxy groups -OCH3 is 1. The molecule has 2 aliphatic rings. The van der Waals surface area contributed by atoms with E-state index >= 15 is 0 Å². The van der Waals surface area contributed by atoms with E-state index in [-0.39, 0.29) is 17.7 Å². The zero-order valence-corrected chi connectivity index (χ0v) is 23.6. The van der Waals surface area contributed by atoms with Gasteiger partial charge >= 0.3 is 0 Å². The molecular formula is C32H34N6O4. The molecule has 3 aromatic rings. The Morgan fingerprint density at radius 1 is 0.810 bits per heavy atom. The van der Waals surface area contributed by atoms with Crippen LogP contribution in [-0.2, 0) is 0 Å². The lowest BCUT2D eigenvalue weighted by Crippen LogP contribution is -2.49. The van der Waals surface area contributed by atoms with Gasteiger partial charge in [-0.15, -0.1) is 0 Å². The maximum absolute atomic E-state index is 13.4. The number of rotatable bonds is 6. The second-order valence-electron chi connectivity index (χ2n) is 10.3. The van der Waals surface area contributed by atoms with Gasteiger partial charge in [0, 0.05) is 62.5 Å². The summed E-state index contributed by atoms with van der Waals surface area (Å²) in [5, 5.41) is 15.4. The summed E-state index contributed by atoms with van der Waals surface area (Å²) in [5.74, 6) is 0.160. The molecule has 0 aliphatic carbocycles. The Morgan fingerprint density at radius 3 is 2.21 bits per heavy atom. The molecule has 5 rings (SSSR count). The third kappa shape index (κ3) is 6.53. The highest BCUT2D eigenvalue weighted by atomic mass is 16.5. The Hall–Kier alpha value is -4.88. The highest BCUT2D eigenvalue weighted by Gasteiger charge is 2.26. The van der Waals surface area contributed by atoms with E-state index in [0.29, 0.717) is 73.0 Å². The van der Waals surface area contributed by atoms with Gasteiger partial charge in [0.15, 0.2) is 0 Å². The molecule has 216 valence electrons. The lowest BCUT2D eigenvalue weighted by molar-refractivity contribution is 0.0743. The lowest BCUT2D eigenvalue weighted by atomic mass is 10.1. The molecule has 3 amide bonds. The Labute approximate surface area is 245 Å². The summed E-state index contributed by atoms with van der Waals surface area (Å²) in [7, 11) is 1.57. The van der Waals surface area contributed by atoms with Crippen LogP contribution >= 0.6 is 0 Å². The molecule has 0 bridgehead atoms. The summed E-state index contributed by atoms with van der Waals surface area (Å²) in [5.41, 5.74) is 3.25. The first kappa shape index (κ1) is 28.6. The van der Waals surface area contributed by atoms with Crippen molar-refractivity contribution in [3.05, 3.63) is 89.0 Å². The number of piperazine rings is 1. The van der Waals surface area contributed by atoms with Crippen LogP contribution in [0, 0.1) is 11.3 Å². The Balaban J connectivity index is 1.36. The van der Waals surface area contributed by atoms with Gasteiger partial charge in [0.1, 0.15) is 5.75 Å². The number of carbonyl (C=O) groups is 3. The van der Waals surface area contributed by atoms with Crippen LogP contribution in [0.1, 0.15) is 43.1 Å². The highest BCUT2D eigenvalue weighted by Crippen LogP contribution is 2.30. The Kier molecular flexibility index (Phi) is 8.99. The van der Waals surface area contributed by atoms with Crippen molar-refractivity contribution in [3.8, 4) is 11.8 Å². The van der Waals surface area contributed by atoms with Crippen LogP contribution in [-0.4, -0.2) is 87.0 Å². The fourth-order valence-electron chi connectivity index (χ4n) is 5.26. The van der Waals surface area contributed by atoms with Crippen molar-refractivity contribution in [3.63, 3.8) is 0 Å². The molecule has 42 heavy (non-hydrogen) atoms. The van der Waals surface area contributed by atoms with Gasteiger partial charge in [-0.2, -0.15) is 5.26 Å². The fourth-order valence-corrected chi connectivity index (χ4v) is 5.26. The van der Waals surface area contributed by atoms with Crippen molar-refractivity contribution >= 4 is 29.1 Å². The number of nitrogens with zero attached hydrogens (tertiary/aromatic N) is 4. The maximum atomic E-state index is 13.4. The first-order chi connectivity index (χ1) is 20.5. The Bertz CT molecular complexity index is 1480. The minimum atomic E-state index is -0.337. The van der Waals surface area contributed by atoms with Crippen LogP contribution in [0.15, 0.2) is 66.7 Å². The number of ether oxygens (including phenoxy) is 1. The van der Waals surface area contributed by atoms with Gasteiger partial charge in [0.2, 0.25) is 0 Å². The first-order valence-electron chi connectivity index (χ1n) is 14.1. The number of amides is 3. The molecule has 0 aromatic heterocycles. The van der Waals surface area contributed by atoms with Crippen LogP contribution in [0.2, 0.25) is 0 Å². The minimum Gasteiger partial charge on any atom is -0.497 e. The topological polar surface area (TPSA) is 118 Å². The first-order valence-corrected chi connectivity index (χ1v) is 14.1. The predicted octanol–water partition coefficient (Wildman–Crippen LogP) is 3.22. The smallest absolute Gasteiger partial charge is 0.255 e. The molecule has 10 heteroatoms. The van der Waals surface area contributed by atoms with E-state index in [4.69, 9.17) is 10.00 Å². The fraction of sp³-hybridized carbons (Fsp3) is 0.312. The second kappa shape index (κ2) is 13.2. The minimum absolute atomic E-state index is 0.0595. The monoisotopic (exact) mass is 566 g/mol. The summed E-state index contributed by atoms with van der Waals surface area (Å²) >= 11 is 0. The van der Waals surface area contributed by atoms with Gasteiger partial charge < -0.3 is 30.1 Å². The van der Waals surface area contributed by atoms with Crippen molar-refractivity contribution in [1.82, 2.24) is 15.1 Å². The largest absolute Gasteiger partial charge is 0.497 e. The lowest BCUT2D eigenvalue weighted by Gasteiger charge is -2.37. The molecule has 10 nitrogen and oxygen atoms in total. The molecule has 0 unspecified atom stereocenters. The molecular weight excluding hydrogens is 532 g/mol. The predicted molar refractivity (Wildman–Crippen MR) is 160 cm³/mol. The van der Waals surface area contributed by atoms with Gasteiger partial charge in [0.25, 0.3) is 17.7 Å². The standard InChI is InChI=1S/C32H34N6O4/c1-42-27-5-2-4-25(20-27)31(40)38-18-16-36(17-19-38)29-11-10-26(32(41)37-14-3-12-34-13-15-37)21-28(29)35-30(39)24-8-6-23(22-33)7-9-24/h2,4-11,20-21,34H,3,12-19H2,1H3,(H,35,39). The molecule has 2 N–H and O–H groups in total. The zero-order chi connectivity index (χ0) is 29.5. The van der Waals surface area contributed by atoms with Crippen molar-refractivity contribution in [2.75, 3.05) is 69.7 Å². The van der Waals surface area contributed by atoms with E-state index in [9.17, 15) is 14.4 Å². The number of anilines is 2. The summed E-state index contributed by atoms with van der Waals surface area (Å²) in [6, 6.07) is 21.0. The molecule has 0 spiro atoms. The van der Waals surface area contributed by atoms with Gasteiger partial charge in [-0.3, -0.25) is 14.4 Å². The normalized spacial score (nSPS) is 15.4. The van der Waals surface area contributed by atoms with Crippen LogP contribution in [0.3, 0.4) is 0 Å². The molecule has 2 fully saturated rings. The van der Waals surface area contributed by atoms with E-state index in [1.54, 1.807) is 67.8 Å². The number of hydrogen-bond acceptors (Lipinski definition) is 7. The number of carbonyl (C=O) groups excluding carboxylic acids is 3. The SMILES string of the molecule is COc1cccc(C(=O)N2CCN(c3ccc(C(=O)N4CCCNCC4)cc3NC(=O)c3ccc(C#N)cc3)CC2)c1. The van der Waals surface area contributed by atoms with E-state index in [0.717, 1.165) is 25.2 Å². The molecule has 2 aliphatic heterocycles. The number of benzene rings is 3. The number of nitriles is 1. The van der Waals surface area contributed by atoms with Crippen LogP contribution in [0.25, 0.3) is 0 Å². The highest BCUT2D eigenvalue weighted by molar-refractivity contribution is 6.07.